The van der Waals surface area contributed by atoms with Gasteiger partial charge in [0.15, 0.2) is 0 Å². The third-order valence-electron chi connectivity index (χ3n) is 4.04. The molecule has 1 aromatic rings. The molecule has 0 bridgehead atoms. The van der Waals surface area contributed by atoms with Crippen LogP contribution in [0.15, 0.2) is 24.3 Å². The molecule has 1 aromatic carbocycles. The first-order valence-electron chi connectivity index (χ1n) is 7.04. The molecule has 0 spiro atoms. The van der Waals surface area contributed by atoms with Crippen LogP contribution in [-0.2, 0) is 9.53 Å². The molecule has 2 saturated heterocycles. The predicted molar refractivity (Wildman–Crippen MR) is 76.1 cm³/mol. The molecule has 1 atom stereocenters. The van der Waals surface area contributed by atoms with E-state index in [4.69, 9.17) is 9.47 Å². The lowest BCUT2D eigenvalue weighted by Gasteiger charge is -2.37. The van der Waals surface area contributed by atoms with Gasteiger partial charge in [-0.2, -0.15) is 0 Å². The Kier molecular flexibility index (Phi) is 3.89. The number of amides is 1. The van der Waals surface area contributed by atoms with Gasteiger partial charge in [0.2, 0.25) is 5.91 Å². The number of piperazine rings is 1. The van der Waals surface area contributed by atoms with Gasteiger partial charge in [0.05, 0.1) is 20.3 Å². The van der Waals surface area contributed by atoms with Crippen LogP contribution >= 0.6 is 0 Å². The van der Waals surface area contributed by atoms with Gasteiger partial charge in [0.1, 0.15) is 5.75 Å². The van der Waals surface area contributed by atoms with E-state index in [-0.39, 0.29) is 5.91 Å². The number of benzene rings is 1. The Hall–Kier alpha value is -1.59. The number of anilines is 1. The fourth-order valence-corrected chi connectivity index (χ4v) is 2.86. The largest absolute Gasteiger partial charge is 0.497 e. The molecule has 2 aliphatic heterocycles. The summed E-state index contributed by atoms with van der Waals surface area (Å²) in [4.78, 5) is 16.4. The second kappa shape index (κ2) is 5.81. The van der Waals surface area contributed by atoms with Crippen molar-refractivity contribution in [1.82, 2.24) is 4.90 Å². The fourth-order valence-electron chi connectivity index (χ4n) is 2.86. The van der Waals surface area contributed by atoms with Crippen molar-refractivity contribution >= 4 is 11.6 Å². The molecule has 0 aliphatic carbocycles. The minimum Gasteiger partial charge on any atom is -0.497 e. The van der Waals surface area contributed by atoms with E-state index in [0.29, 0.717) is 12.6 Å². The van der Waals surface area contributed by atoms with E-state index in [9.17, 15) is 4.79 Å². The average Bonchev–Trinajstić information content (AvgIpc) is 3.01. The van der Waals surface area contributed by atoms with Crippen LogP contribution in [0.4, 0.5) is 5.69 Å². The predicted octanol–water partition coefficient (Wildman–Crippen LogP) is 1.13. The Morgan fingerprint density at radius 1 is 1.35 bits per heavy atom. The summed E-state index contributed by atoms with van der Waals surface area (Å²) < 4.78 is 10.6. The number of carbonyl (C=O) groups excluding carboxylic acids is 1. The van der Waals surface area contributed by atoms with Crippen LogP contribution in [0, 0.1) is 0 Å². The standard InChI is InChI=1S/C15H20N2O3/c1-19-14-4-2-3-12(9-14)17-7-6-16(10-15(17)18)13-5-8-20-11-13/h2-4,9,13H,5-8,10-11H2,1H3/t13-/m0/s1. The first-order chi connectivity index (χ1) is 9.78. The maximum Gasteiger partial charge on any atom is 0.241 e. The molecule has 108 valence electrons. The van der Waals surface area contributed by atoms with Gasteiger partial charge in [0.25, 0.3) is 0 Å². The number of carbonyl (C=O) groups is 1. The first kappa shape index (κ1) is 13.4. The highest BCUT2D eigenvalue weighted by atomic mass is 16.5. The molecule has 5 nitrogen and oxygen atoms in total. The summed E-state index contributed by atoms with van der Waals surface area (Å²) in [7, 11) is 1.64. The Morgan fingerprint density at radius 3 is 2.95 bits per heavy atom. The molecule has 2 fully saturated rings. The molecular weight excluding hydrogens is 256 g/mol. The Morgan fingerprint density at radius 2 is 2.25 bits per heavy atom. The van der Waals surface area contributed by atoms with Crippen LogP contribution in [0.3, 0.4) is 0 Å². The maximum atomic E-state index is 12.4. The highest BCUT2D eigenvalue weighted by Crippen LogP contribution is 2.24. The minimum atomic E-state index is 0.149. The molecule has 5 heteroatoms. The quantitative estimate of drug-likeness (QED) is 0.830. The lowest BCUT2D eigenvalue weighted by atomic mass is 10.1. The summed E-state index contributed by atoms with van der Waals surface area (Å²) in [6.07, 6.45) is 1.03. The third kappa shape index (κ3) is 2.64. The molecule has 0 radical (unpaired) electrons. The lowest BCUT2D eigenvalue weighted by Crippen LogP contribution is -2.53. The average molecular weight is 276 g/mol. The zero-order chi connectivity index (χ0) is 13.9. The number of methoxy groups -OCH3 is 1. The fraction of sp³-hybridized carbons (Fsp3) is 0.533. The summed E-state index contributed by atoms with van der Waals surface area (Å²) in [5.74, 6) is 0.929. The second-order valence-corrected chi connectivity index (χ2v) is 5.23. The number of hydrogen-bond donors (Lipinski definition) is 0. The zero-order valence-electron chi connectivity index (χ0n) is 11.7. The molecular formula is C15H20N2O3. The van der Waals surface area contributed by atoms with Gasteiger partial charge in [-0.1, -0.05) is 6.07 Å². The molecule has 2 aliphatic rings. The van der Waals surface area contributed by atoms with E-state index in [1.165, 1.54) is 0 Å². The highest BCUT2D eigenvalue weighted by Gasteiger charge is 2.31. The van der Waals surface area contributed by atoms with E-state index in [1.807, 2.05) is 29.2 Å². The van der Waals surface area contributed by atoms with Gasteiger partial charge >= 0.3 is 0 Å². The van der Waals surface area contributed by atoms with Crippen molar-refractivity contribution in [2.24, 2.45) is 0 Å². The van der Waals surface area contributed by atoms with Crippen LogP contribution in [-0.4, -0.2) is 56.8 Å². The molecule has 0 unspecified atom stereocenters. The summed E-state index contributed by atoms with van der Waals surface area (Å²) >= 11 is 0. The van der Waals surface area contributed by atoms with Crippen molar-refractivity contribution in [3.63, 3.8) is 0 Å². The Labute approximate surface area is 119 Å². The summed E-state index contributed by atoms with van der Waals surface area (Å²) in [5, 5.41) is 0. The van der Waals surface area contributed by atoms with E-state index in [2.05, 4.69) is 4.90 Å². The molecule has 1 amide bonds. The number of rotatable bonds is 3. The van der Waals surface area contributed by atoms with E-state index in [1.54, 1.807) is 7.11 Å². The van der Waals surface area contributed by atoms with Crippen LogP contribution in [0.1, 0.15) is 6.42 Å². The molecule has 20 heavy (non-hydrogen) atoms. The van der Waals surface area contributed by atoms with Crippen molar-refractivity contribution in [3.05, 3.63) is 24.3 Å². The van der Waals surface area contributed by atoms with Crippen molar-refractivity contribution < 1.29 is 14.3 Å². The SMILES string of the molecule is COc1cccc(N2CCN([C@H]3CCOC3)CC2=O)c1. The van der Waals surface area contributed by atoms with Crippen LogP contribution in [0.25, 0.3) is 0 Å². The third-order valence-corrected chi connectivity index (χ3v) is 4.04. The normalized spacial score (nSPS) is 24.1. The van der Waals surface area contributed by atoms with E-state index >= 15 is 0 Å². The first-order valence-corrected chi connectivity index (χ1v) is 7.04. The van der Waals surface area contributed by atoms with Crippen molar-refractivity contribution in [2.75, 3.05) is 44.9 Å². The van der Waals surface area contributed by atoms with E-state index < -0.39 is 0 Å². The molecule has 0 saturated carbocycles. The number of ether oxygens (including phenoxy) is 2. The highest BCUT2D eigenvalue weighted by molar-refractivity contribution is 5.95. The second-order valence-electron chi connectivity index (χ2n) is 5.23. The Balaban J connectivity index is 1.69. The summed E-state index contributed by atoms with van der Waals surface area (Å²) in [6, 6.07) is 8.08. The topological polar surface area (TPSA) is 42.0 Å². The summed E-state index contributed by atoms with van der Waals surface area (Å²) in [5.41, 5.74) is 0.914. The van der Waals surface area contributed by atoms with Gasteiger partial charge < -0.3 is 14.4 Å². The monoisotopic (exact) mass is 276 g/mol. The van der Waals surface area contributed by atoms with Crippen molar-refractivity contribution in [1.29, 1.82) is 0 Å². The van der Waals surface area contributed by atoms with Crippen LogP contribution < -0.4 is 9.64 Å². The van der Waals surface area contributed by atoms with Gasteiger partial charge in [0, 0.05) is 37.5 Å². The molecule has 0 N–H and O–H groups in total. The zero-order valence-corrected chi connectivity index (χ0v) is 11.7. The van der Waals surface area contributed by atoms with Gasteiger partial charge in [-0.25, -0.2) is 0 Å². The van der Waals surface area contributed by atoms with Crippen molar-refractivity contribution in [3.8, 4) is 5.75 Å². The lowest BCUT2D eigenvalue weighted by molar-refractivity contribution is -0.122. The van der Waals surface area contributed by atoms with Crippen LogP contribution in [0.5, 0.6) is 5.75 Å². The number of nitrogens with zero attached hydrogens (tertiary/aromatic N) is 2. The molecule has 0 aromatic heterocycles. The smallest absolute Gasteiger partial charge is 0.241 e. The minimum absolute atomic E-state index is 0.149. The van der Waals surface area contributed by atoms with Gasteiger partial charge in [-0.15, -0.1) is 0 Å². The van der Waals surface area contributed by atoms with E-state index in [0.717, 1.165) is 44.2 Å². The van der Waals surface area contributed by atoms with Gasteiger partial charge in [-0.05, 0) is 18.6 Å². The Bertz CT molecular complexity index is 486. The van der Waals surface area contributed by atoms with Crippen LogP contribution in [0.2, 0.25) is 0 Å². The van der Waals surface area contributed by atoms with Gasteiger partial charge in [-0.3, -0.25) is 9.69 Å². The van der Waals surface area contributed by atoms with Crippen molar-refractivity contribution in [2.45, 2.75) is 12.5 Å². The number of hydrogen-bond acceptors (Lipinski definition) is 4. The molecule has 2 heterocycles. The molecule has 3 rings (SSSR count). The maximum absolute atomic E-state index is 12.4. The summed E-state index contributed by atoms with van der Waals surface area (Å²) in [6.45, 7) is 3.67.